The van der Waals surface area contributed by atoms with Crippen LogP contribution in [0.5, 0.6) is 0 Å². The number of rotatable bonds is 4. The summed E-state index contributed by atoms with van der Waals surface area (Å²) in [7, 11) is 0. The fourth-order valence-corrected chi connectivity index (χ4v) is 3.03. The minimum Gasteiger partial charge on any atom is -0.335 e. The minimum atomic E-state index is -4.69. The van der Waals surface area contributed by atoms with E-state index in [1.165, 1.54) is 18.2 Å². The Morgan fingerprint density at radius 1 is 1.41 bits per heavy atom. The van der Waals surface area contributed by atoms with Crippen molar-refractivity contribution < 1.29 is 18.1 Å². The molecule has 0 saturated heterocycles. The Morgan fingerprint density at radius 3 is 2.59 bits per heavy atom. The predicted molar refractivity (Wildman–Crippen MR) is 75.5 cm³/mol. The summed E-state index contributed by atoms with van der Waals surface area (Å²) in [6.07, 6.45) is -4.69. The molecule has 12 heteroatoms. The van der Waals surface area contributed by atoms with Gasteiger partial charge in [-0.1, -0.05) is 33.8 Å². The van der Waals surface area contributed by atoms with Gasteiger partial charge in [-0.05, 0) is 5.56 Å². The number of benzene rings is 1. The predicted octanol–water partition coefficient (Wildman–Crippen LogP) is 2.97. The van der Waals surface area contributed by atoms with Crippen LogP contribution in [0.4, 0.5) is 18.9 Å². The summed E-state index contributed by atoms with van der Waals surface area (Å²) < 4.78 is 38.4. The lowest BCUT2D eigenvalue weighted by Gasteiger charge is -2.06. The zero-order valence-electron chi connectivity index (χ0n) is 10.5. The molecule has 0 fully saturated rings. The second kappa shape index (κ2) is 6.12. The van der Waals surface area contributed by atoms with Gasteiger partial charge in [0, 0.05) is 22.4 Å². The highest BCUT2D eigenvalue weighted by atomic mass is 79.9. The van der Waals surface area contributed by atoms with E-state index in [2.05, 4.69) is 26.1 Å². The molecule has 0 aliphatic heterocycles. The van der Waals surface area contributed by atoms with Gasteiger partial charge >= 0.3 is 6.18 Å². The number of thioether (sulfide) groups is 1. The number of nitro groups is 1. The molecule has 0 bridgehead atoms. The SMILES string of the molecule is Nn1c(SCc2ccc([N+](=O)[O-])cc2Br)nnc1C(F)(F)F. The van der Waals surface area contributed by atoms with Crippen molar-refractivity contribution in [2.75, 3.05) is 5.84 Å². The first-order chi connectivity index (χ1) is 10.2. The lowest BCUT2D eigenvalue weighted by Crippen LogP contribution is -2.21. The topological polar surface area (TPSA) is 99.9 Å². The molecule has 0 spiro atoms. The lowest BCUT2D eigenvalue weighted by atomic mass is 10.2. The van der Waals surface area contributed by atoms with Crippen LogP contribution in [0.3, 0.4) is 0 Å². The first-order valence-electron chi connectivity index (χ1n) is 5.53. The van der Waals surface area contributed by atoms with E-state index in [4.69, 9.17) is 5.84 Å². The molecule has 0 radical (unpaired) electrons. The molecular weight excluding hydrogens is 391 g/mol. The maximum Gasteiger partial charge on any atom is 0.453 e. The Hall–Kier alpha value is -1.82. The fraction of sp³-hybridized carbons (Fsp3) is 0.200. The van der Waals surface area contributed by atoms with Gasteiger partial charge in [-0.3, -0.25) is 10.1 Å². The molecule has 2 rings (SSSR count). The molecule has 0 saturated carbocycles. The molecule has 0 aliphatic rings. The van der Waals surface area contributed by atoms with Gasteiger partial charge in [-0.15, -0.1) is 10.2 Å². The number of hydrogen-bond acceptors (Lipinski definition) is 6. The maximum absolute atomic E-state index is 12.5. The van der Waals surface area contributed by atoms with E-state index in [9.17, 15) is 23.3 Å². The summed E-state index contributed by atoms with van der Waals surface area (Å²) in [5.74, 6) is 4.23. The van der Waals surface area contributed by atoms with E-state index in [1.807, 2.05) is 0 Å². The Morgan fingerprint density at radius 2 is 2.09 bits per heavy atom. The summed E-state index contributed by atoms with van der Waals surface area (Å²) in [6, 6.07) is 4.11. The number of halogens is 4. The summed E-state index contributed by atoms with van der Waals surface area (Å²) in [4.78, 5) is 10.1. The Labute approximate surface area is 133 Å². The molecule has 1 aromatic heterocycles. The van der Waals surface area contributed by atoms with Crippen LogP contribution in [0.15, 0.2) is 27.8 Å². The van der Waals surface area contributed by atoms with E-state index in [0.717, 1.165) is 11.8 Å². The van der Waals surface area contributed by atoms with Crippen molar-refractivity contribution in [1.82, 2.24) is 14.9 Å². The van der Waals surface area contributed by atoms with Crippen LogP contribution in [0.2, 0.25) is 0 Å². The standard InChI is InChI=1S/C10H7BrF3N5O2S/c11-7-3-6(19(20)21)2-1-5(7)4-22-9-17-16-8(18(9)15)10(12,13)14/h1-3H,4,15H2. The summed E-state index contributed by atoms with van der Waals surface area (Å²) in [5.41, 5.74) is 0.550. The number of nitrogen functional groups attached to an aromatic ring is 1. The fourth-order valence-electron chi connectivity index (χ4n) is 1.48. The van der Waals surface area contributed by atoms with Gasteiger partial charge in [-0.2, -0.15) is 13.2 Å². The second-order valence-electron chi connectivity index (χ2n) is 4.00. The highest BCUT2D eigenvalue weighted by Gasteiger charge is 2.38. The molecule has 1 heterocycles. The number of nitro benzene ring substituents is 1. The van der Waals surface area contributed by atoms with Crippen molar-refractivity contribution in [1.29, 1.82) is 0 Å². The molecule has 1 aromatic carbocycles. The molecule has 2 N–H and O–H groups in total. The Balaban J connectivity index is 2.14. The number of nitrogens with two attached hydrogens (primary N) is 1. The van der Waals surface area contributed by atoms with Crippen LogP contribution in [0.25, 0.3) is 0 Å². The van der Waals surface area contributed by atoms with E-state index < -0.39 is 16.9 Å². The largest absolute Gasteiger partial charge is 0.453 e. The summed E-state index contributed by atoms with van der Waals surface area (Å²) in [6.45, 7) is 0. The van der Waals surface area contributed by atoms with Crippen molar-refractivity contribution in [3.8, 4) is 0 Å². The molecule has 118 valence electrons. The summed E-state index contributed by atoms with van der Waals surface area (Å²) >= 11 is 4.10. The highest BCUT2D eigenvalue weighted by Crippen LogP contribution is 2.31. The molecule has 0 unspecified atom stereocenters. The zero-order valence-corrected chi connectivity index (χ0v) is 12.9. The third kappa shape index (κ3) is 3.50. The summed E-state index contributed by atoms with van der Waals surface area (Å²) in [5, 5.41) is 16.9. The van der Waals surface area contributed by atoms with Gasteiger partial charge < -0.3 is 5.84 Å². The van der Waals surface area contributed by atoms with E-state index in [1.54, 1.807) is 0 Å². The molecule has 0 atom stereocenters. The van der Waals surface area contributed by atoms with Gasteiger partial charge in [0.25, 0.3) is 11.5 Å². The van der Waals surface area contributed by atoms with Gasteiger partial charge in [-0.25, -0.2) is 4.68 Å². The second-order valence-corrected chi connectivity index (χ2v) is 5.79. The van der Waals surface area contributed by atoms with E-state index >= 15 is 0 Å². The molecule has 2 aromatic rings. The van der Waals surface area contributed by atoms with Gasteiger partial charge in [0.1, 0.15) is 0 Å². The Bertz CT molecular complexity index is 721. The van der Waals surface area contributed by atoms with Crippen LogP contribution in [-0.4, -0.2) is 19.8 Å². The number of aromatic nitrogens is 3. The number of non-ortho nitro benzene ring substituents is 1. The number of hydrogen-bond donors (Lipinski definition) is 1. The molecule has 22 heavy (non-hydrogen) atoms. The highest BCUT2D eigenvalue weighted by molar-refractivity contribution is 9.10. The molecular formula is C10H7BrF3N5O2S. The molecule has 0 amide bonds. The third-order valence-electron chi connectivity index (χ3n) is 2.52. The van der Waals surface area contributed by atoms with Crippen molar-refractivity contribution in [2.45, 2.75) is 17.1 Å². The van der Waals surface area contributed by atoms with Crippen molar-refractivity contribution >= 4 is 33.4 Å². The monoisotopic (exact) mass is 397 g/mol. The van der Waals surface area contributed by atoms with E-state index in [0.29, 0.717) is 14.7 Å². The number of alkyl halides is 3. The Kier molecular flexibility index (Phi) is 4.60. The third-order valence-corrected chi connectivity index (χ3v) is 4.25. The van der Waals surface area contributed by atoms with E-state index in [-0.39, 0.29) is 16.6 Å². The van der Waals surface area contributed by atoms with Gasteiger partial charge in [0.05, 0.1) is 4.92 Å². The van der Waals surface area contributed by atoms with Gasteiger partial charge in [0.2, 0.25) is 5.16 Å². The minimum absolute atomic E-state index is 0.0954. The van der Waals surface area contributed by atoms with Gasteiger partial charge in [0.15, 0.2) is 0 Å². The average Bonchev–Trinajstić information content (AvgIpc) is 2.78. The lowest BCUT2D eigenvalue weighted by molar-refractivity contribution is -0.384. The average molecular weight is 398 g/mol. The van der Waals surface area contributed by atoms with Crippen molar-refractivity contribution in [3.05, 3.63) is 44.2 Å². The normalized spacial score (nSPS) is 11.6. The van der Waals surface area contributed by atoms with Crippen molar-refractivity contribution in [3.63, 3.8) is 0 Å². The first kappa shape index (κ1) is 16.5. The zero-order chi connectivity index (χ0) is 16.5. The van der Waals surface area contributed by atoms with Crippen LogP contribution in [0.1, 0.15) is 11.4 Å². The van der Waals surface area contributed by atoms with Crippen LogP contribution >= 0.6 is 27.7 Å². The first-order valence-corrected chi connectivity index (χ1v) is 7.31. The maximum atomic E-state index is 12.5. The van der Waals surface area contributed by atoms with Crippen LogP contribution < -0.4 is 5.84 Å². The molecule has 0 aliphatic carbocycles. The quantitative estimate of drug-likeness (QED) is 0.368. The smallest absolute Gasteiger partial charge is 0.335 e. The van der Waals surface area contributed by atoms with Crippen LogP contribution in [0, 0.1) is 10.1 Å². The van der Waals surface area contributed by atoms with Crippen molar-refractivity contribution in [2.24, 2.45) is 0 Å². The number of nitrogens with zero attached hydrogens (tertiary/aromatic N) is 4. The van der Waals surface area contributed by atoms with Crippen LogP contribution in [-0.2, 0) is 11.9 Å². The molecule has 7 nitrogen and oxygen atoms in total.